The molecule has 0 aromatic heterocycles. The molecule has 0 radical (unpaired) electrons. The molecule has 0 unspecified atom stereocenters. The lowest BCUT2D eigenvalue weighted by Gasteiger charge is -2.07. The molecule has 0 fully saturated rings. The van der Waals surface area contributed by atoms with E-state index in [1.807, 2.05) is 0 Å². The molecule has 0 saturated heterocycles. The SMILES string of the molecule is COCCOCCOCCS(=O)(=O)c1ccc(N)c(Cl)c1. The molecule has 1 rings (SSSR count). The first-order valence-electron chi connectivity index (χ1n) is 6.39. The van der Waals surface area contributed by atoms with Gasteiger partial charge in [-0.05, 0) is 18.2 Å². The third kappa shape index (κ3) is 6.62. The van der Waals surface area contributed by atoms with Crippen molar-refractivity contribution in [3.05, 3.63) is 23.2 Å². The van der Waals surface area contributed by atoms with Gasteiger partial charge in [0, 0.05) is 7.11 Å². The summed E-state index contributed by atoms with van der Waals surface area (Å²) in [7, 11) is -1.84. The molecule has 0 aliphatic rings. The third-order valence-electron chi connectivity index (χ3n) is 2.63. The molecule has 0 spiro atoms. The van der Waals surface area contributed by atoms with Gasteiger partial charge in [-0.2, -0.15) is 0 Å². The molecular formula is C13H20ClNO5S. The molecule has 21 heavy (non-hydrogen) atoms. The van der Waals surface area contributed by atoms with Crippen LogP contribution >= 0.6 is 11.6 Å². The number of hydrogen-bond acceptors (Lipinski definition) is 6. The number of anilines is 1. The van der Waals surface area contributed by atoms with Gasteiger partial charge in [-0.1, -0.05) is 11.6 Å². The minimum absolute atomic E-state index is 0.0952. The topological polar surface area (TPSA) is 87.9 Å². The molecular weight excluding hydrogens is 318 g/mol. The Bertz CT molecular complexity index is 535. The second kappa shape index (κ2) is 9.22. The van der Waals surface area contributed by atoms with Crippen LogP contribution in [0, 0.1) is 0 Å². The summed E-state index contributed by atoms with van der Waals surface area (Å²) in [5.41, 5.74) is 5.89. The minimum atomic E-state index is -3.43. The van der Waals surface area contributed by atoms with E-state index in [9.17, 15) is 8.42 Å². The number of nitrogens with two attached hydrogens (primary N) is 1. The molecule has 1 aromatic carbocycles. The third-order valence-corrected chi connectivity index (χ3v) is 4.63. The summed E-state index contributed by atoms with van der Waals surface area (Å²) >= 11 is 5.82. The van der Waals surface area contributed by atoms with Gasteiger partial charge < -0.3 is 19.9 Å². The lowest BCUT2D eigenvalue weighted by molar-refractivity contribution is 0.0284. The largest absolute Gasteiger partial charge is 0.398 e. The van der Waals surface area contributed by atoms with Gasteiger partial charge in [0.05, 0.1) is 54.4 Å². The minimum Gasteiger partial charge on any atom is -0.398 e. The highest BCUT2D eigenvalue weighted by Gasteiger charge is 2.15. The van der Waals surface area contributed by atoms with Crippen LogP contribution in [-0.2, 0) is 24.0 Å². The molecule has 8 heteroatoms. The van der Waals surface area contributed by atoms with Crippen LogP contribution in [0.25, 0.3) is 0 Å². The molecule has 0 aliphatic heterocycles. The summed E-state index contributed by atoms with van der Waals surface area (Å²) < 4.78 is 39.3. The first kappa shape index (κ1) is 18.2. The first-order valence-corrected chi connectivity index (χ1v) is 8.42. The van der Waals surface area contributed by atoms with Crippen LogP contribution in [-0.4, -0.2) is 54.3 Å². The number of sulfone groups is 1. The van der Waals surface area contributed by atoms with Crippen molar-refractivity contribution in [2.24, 2.45) is 0 Å². The quantitative estimate of drug-likeness (QED) is 0.512. The highest BCUT2D eigenvalue weighted by Crippen LogP contribution is 2.23. The summed E-state index contributed by atoms with van der Waals surface area (Å²) in [6, 6.07) is 4.25. The fraction of sp³-hybridized carbons (Fsp3) is 0.538. The van der Waals surface area contributed by atoms with E-state index in [2.05, 4.69) is 0 Å². The molecule has 1 aromatic rings. The number of hydrogen-bond donors (Lipinski definition) is 1. The molecule has 2 N–H and O–H groups in total. The Hall–Kier alpha value is -0.860. The Morgan fingerprint density at radius 2 is 1.71 bits per heavy atom. The molecule has 0 atom stereocenters. The summed E-state index contributed by atoms with van der Waals surface area (Å²) in [4.78, 5) is 0.140. The predicted molar refractivity (Wildman–Crippen MR) is 81.4 cm³/mol. The number of halogens is 1. The van der Waals surface area contributed by atoms with Gasteiger partial charge in [-0.25, -0.2) is 8.42 Å². The van der Waals surface area contributed by atoms with E-state index in [-0.39, 0.29) is 22.3 Å². The van der Waals surface area contributed by atoms with Gasteiger partial charge in [0.25, 0.3) is 0 Å². The molecule has 0 aliphatic carbocycles. The average Bonchev–Trinajstić information content (AvgIpc) is 2.44. The molecule has 6 nitrogen and oxygen atoms in total. The average molecular weight is 338 g/mol. The standard InChI is InChI=1S/C13H20ClNO5S/c1-18-4-5-19-6-7-20-8-9-21(16,17)11-2-3-13(15)12(14)10-11/h2-3,10H,4-9,15H2,1H3. The van der Waals surface area contributed by atoms with Gasteiger partial charge in [0.15, 0.2) is 9.84 Å². The van der Waals surface area contributed by atoms with Crippen molar-refractivity contribution in [3.63, 3.8) is 0 Å². The number of methoxy groups -OCH3 is 1. The van der Waals surface area contributed by atoms with Crippen molar-refractivity contribution in [2.45, 2.75) is 4.90 Å². The van der Waals surface area contributed by atoms with Crippen LogP contribution in [0.2, 0.25) is 5.02 Å². The Morgan fingerprint density at radius 3 is 2.33 bits per heavy atom. The number of benzene rings is 1. The highest BCUT2D eigenvalue weighted by molar-refractivity contribution is 7.91. The fourth-order valence-electron chi connectivity index (χ4n) is 1.45. The molecule has 0 amide bonds. The Kier molecular flexibility index (Phi) is 7.98. The van der Waals surface area contributed by atoms with E-state index >= 15 is 0 Å². The second-order valence-electron chi connectivity index (χ2n) is 4.22. The Balaban J connectivity index is 2.31. The second-order valence-corrected chi connectivity index (χ2v) is 6.74. The maximum absolute atomic E-state index is 12.0. The first-order chi connectivity index (χ1) is 9.97. The van der Waals surface area contributed by atoms with Crippen LogP contribution in [0.15, 0.2) is 23.1 Å². The molecule has 120 valence electrons. The maximum Gasteiger partial charge on any atom is 0.180 e. The van der Waals surface area contributed by atoms with Crippen LogP contribution in [0.5, 0.6) is 0 Å². The monoisotopic (exact) mass is 337 g/mol. The van der Waals surface area contributed by atoms with Crippen molar-refractivity contribution < 1.29 is 22.6 Å². The van der Waals surface area contributed by atoms with Gasteiger partial charge in [-0.15, -0.1) is 0 Å². The molecule has 0 bridgehead atoms. The lowest BCUT2D eigenvalue weighted by Crippen LogP contribution is -2.15. The number of rotatable bonds is 10. The van der Waals surface area contributed by atoms with Crippen LogP contribution in [0.3, 0.4) is 0 Å². The Morgan fingerprint density at radius 1 is 1.10 bits per heavy atom. The zero-order valence-corrected chi connectivity index (χ0v) is 13.5. The van der Waals surface area contributed by atoms with E-state index in [0.29, 0.717) is 32.1 Å². The van der Waals surface area contributed by atoms with Crippen molar-refractivity contribution in [2.75, 3.05) is 51.6 Å². The van der Waals surface area contributed by atoms with Crippen LogP contribution in [0.4, 0.5) is 5.69 Å². The highest BCUT2D eigenvalue weighted by atomic mass is 35.5. The lowest BCUT2D eigenvalue weighted by atomic mass is 10.3. The van der Waals surface area contributed by atoms with E-state index in [1.54, 1.807) is 7.11 Å². The van der Waals surface area contributed by atoms with E-state index in [4.69, 9.17) is 31.5 Å². The van der Waals surface area contributed by atoms with Crippen LogP contribution < -0.4 is 5.73 Å². The zero-order chi connectivity index (χ0) is 15.7. The zero-order valence-electron chi connectivity index (χ0n) is 11.9. The Labute approximate surface area is 130 Å². The van der Waals surface area contributed by atoms with Gasteiger partial charge in [0.1, 0.15) is 0 Å². The van der Waals surface area contributed by atoms with E-state index in [0.717, 1.165) is 0 Å². The van der Waals surface area contributed by atoms with E-state index in [1.165, 1.54) is 18.2 Å². The summed E-state index contributed by atoms with van der Waals surface area (Å²) in [6.45, 7) is 1.84. The maximum atomic E-state index is 12.0. The van der Waals surface area contributed by atoms with Gasteiger partial charge >= 0.3 is 0 Å². The number of ether oxygens (including phenoxy) is 3. The van der Waals surface area contributed by atoms with Crippen molar-refractivity contribution in [3.8, 4) is 0 Å². The van der Waals surface area contributed by atoms with Crippen molar-refractivity contribution >= 4 is 27.1 Å². The summed E-state index contributed by atoms with van der Waals surface area (Å²) in [6.07, 6.45) is 0. The molecule has 0 heterocycles. The van der Waals surface area contributed by atoms with Crippen LogP contribution in [0.1, 0.15) is 0 Å². The van der Waals surface area contributed by atoms with E-state index < -0.39 is 9.84 Å². The fourth-order valence-corrected chi connectivity index (χ4v) is 2.84. The van der Waals surface area contributed by atoms with Crippen molar-refractivity contribution in [1.29, 1.82) is 0 Å². The summed E-state index contributed by atoms with van der Waals surface area (Å²) in [5, 5.41) is 0.225. The van der Waals surface area contributed by atoms with Gasteiger partial charge in [-0.3, -0.25) is 0 Å². The normalized spacial score (nSPS) is 11.7. The predicted octanol–water partition coefficient (Wildman–Crippen LogP) is 1.38. The summed E-state index contributed by atoms with van der Waals surface area (Å²) in [5.74, 6) is -0.120. The smallest absolute Gasteiger partial charge is 0.180 e. The number of nitrogen functional groups attached to an aromatic ring is 1. The molecule has 0 saturated carbocycles. The van der Waals surface area contributed by atoms with Crippen molar-refractivity contribution in [1.82, 2.24) is 0 Å². The van der Waals surface area contributed by atoms with Gasteiger partial charge in [0.2, 0.25) is 0 Å².